The zero-order valence-corrected chi connectivity index (χ0v) is 9.83. The summed E-state index contributed by atoms with van der Waals surface area (Å²) in [5.74, 6) is 0.658. The Kier molecular flexibility index (Phi) is 3.71. The van der Waals surface area contributed by atoms with Crippen LogP contribution in [0.3, 0.4) is 0 Å². The van der Waals surface area contributed by atoms with Crippen LogP contribution in [0.25, 0.3) is 0 Å². The summed E-state index contributed by atoms with van der Waals surface area (Å²) in [5.41, 5.74) is 2.81. The molecule has 0 aliphatic rings. The number of pyridine rings is 1. The van der Waals surface area contributed by atoms with Gasteiger partial charge in [0.25, 0.3) is 0 Å². The standard InChI is InChI=1S/C11H13N3OS/c1-2-15-11-4-3-9(5-14-11)13-7-10-6-12-8-16-10/h3-6,8,13H,2,7H2,1H3. The lowest BCUT2D eigenvalue weighted by Gasteiger charge is -2.05. The van der Waals surface area contributed by atoms with Gasteiger partial charge in [0.1, 0.15) is 0 Å². The minimum atomic E-state index is 0.640. The van der Waals surface area contributed by atoms with E-state index in [1.165, 1.54) is 4.88 Å². The third-order valence-electron chi connectivity index (χ3n) is 1.98. The number of aromatic nitrogens is 2. The van der Waals surface area contributed by atoms with Crippen molar-refractivity contribution in [2.45, 2.75) is 13.5 Å². The Bertz CT molecular complexity index is 413. The maximum Gasteiger partial charge on any atom is 0.213 e. The van der Waals surface area contributed by atoms with Gasteiger partial charge in [0.15, 0.2) is 0 Å². The second kappa shape index (κ2) is 5.46. The van der Waals surface area contributed by atoms with Gasteiger partial charge >= 0.3 is 0 Å². The Morgan fingerprint density at radius 3 is 2.94 bits per heavy atom. The van der Waals surface area contributed by atoms with Crippen LogP contribution < -0.4 is 10.1 Å². The molecule has 4 nitrogen and oxygen atoms in total. The number of nitrogens with zero attached hydrogens (tertiary/aromatic N) is 2. The molecule has 0 atom stereocenters. The molecule has 2 aromatic rings. The summed E-state index contributed by atoms with van der Waals surface area (Å²) in [7, 11) is 0. The number of anilines is 1. The average molecular weight is 235 g/mol. The molecule has 2 aromatic heterocycles. The highest BCUT2D eigenvalue weighted by Gasteiger charge is 1.97. The predicted molar refractivity (Wildman–Crippen MR) is 64.8 cm³/mol. The highest BCUT2D eigenvalue weighted by Crippen LogP contribution is 2.13. The maximum atomic E-state index is 5.26. The average Bonchev–Trinajstić information content (AvgIpc) is 2.82. The van der Waals surface area contributed by atoms with E-state index in [1.54, 1.807) is 17.5 Å². The minimum Gasteiger partial charge on any atom is -0.478 e. The van der Waals surface area contributed by atoms with Crippen molar-refractivity contribution >= 4 is 17.0 Å². The van der Waals surface area contributed by atoms with Crippen molar-refractivity contribution in [2.24, 2.45) is 0 Å². The van der Waals surface area contributed by atoms with E-state index in [2.05, 4.69) is 15.3 Å². The molecule has 0 spiro atoms. The van der Waals surface area contributed by atoms with Crippen LogP contribution >= 0.6 is 11.3 Å². The molecule has 2 heterocycles. The van der Waals surface area contributed by atoms with Gasteiger partial charge in [0.05, 0.1) is 30.5 Å². The van der Waals surface area contributed by atoms with Crippen molar-refractivity contribution in [3.05, 3.63) is 34.9 Å². The Hall–Kier alpha value is -1.62. The zero-order chi connectivity index (χ0) is 11.2. The van der Waals surface area contributed by atoms with Crippen LogP contribution in [0, 0.1) is 0 Å². The zero-order valence-electron chi connectivity index (χ0n) is 9.01. The quantitative estimate of drug-likeness (QED) is 0.865. The summed E-state index contributed by atoms with van der Waals surface area (Å²) in [6.07, 6.45) is 3.63. The molecule has 2 rings (SSSR count). The molecular formula is C11H13N3OS. The molecule has 0 aromatic carbocycles. The molecule has 1 N–H and O–H groups in total. The first-order valence-corrected chi connectivity index (χ1v) is 5.96. The summed E-state index contributed by atoms with van der Waals surface area (Å²) in [6, 6.07) is 3.82. The molecule has 0 bridgehead atoms. The fraction of sp³-hybridized carbons (Fsp3) is 0.273. The van der Waals surface area contributed by atoms with Gasteiger partial charge in [-0.2, -0.15) is 0 Å². The molecule has 0 unspecified atom stereocenters. The van der Waals surface area contributed by atoms with Crippen LogP contribution in [-0.2, 0) is 6.54 Å². The van der Waals surface area contributed by atoms with E-state index in [0.29, 0.717) is 12.5 Å². The molecular weight excluding hydrogens is 222 g/mol. The van der Waals surface area contributed by atoms with E-state index >= 15 is 0 Å². The van der Waals surface area contributed by atoms with Crippen molar-refractivity contribution in [3.8, 4) is 5.88 Å². The lowest BCUT2D eigenvalue weighted by molar-refractivity contribution is 0.327. The van der Waals surface area contributed by atoms with Crippen LogP contribution in [0.4, 0.5) is 5.69 Å². The van der Waals surface area contributed by atoms with Crippen molar-refractivity contribution in [1.29, 1.82) is 0 Å². The molecule has 0 fully saturated rings. The normalized spacial score (nSPS) is 10.1. The van der Waals surface area contributed by atoms with Crippen molar-refractivity contribution in [1.82, 2.24) is 9.97 Å². The molecule has 16 heavy (non-hydrogen) atoms. The maximum absolute atomic E-state index is 5.26. The molecule has 0 saturated heterocycles. The number of rotatable bonds is 5. The van der Waals surface area contributed by atoms with Gasteiger partial charge in [0, 0.05) is 17.1 Å². The second-order valence-corrected chi connectivity index (χ2v) is 4.11. The van der Waals surface area contributed by atoms with Crippen molar-refractivity contribution < 1.29 is 4.74 Å². The van der Waals surface area contributed by atoms with Gasteiger partial charge in [-0.1, -0.05) is 0 Å². The molecule has 0 saturated carbocycles. The fourth-order valence-corrected chi connectivity index (χ4v) is 1.77. The van der Waals surface area contributed by atoms with Gasteiger partial charge in [0.2, 0.25) is 5.88 Å². The highest BCUT2D eigenvalue weighted by atomic mass is 32.1. The summed E-state index contributed by atoms with van der Waals surface area (Å²) in [5, 5.41) is 3.27. The Morgan fingerprint density at radius 1 is 1.38 bits per heavy atom. The molecule has 84 valence electrons. The molecule has 5 heteroatoms. The van der Waals surface area contributed by atoms with E-state index in [-0.39, 0.29) is 0 Å². The number of ether oxygens (including phenoxy) is 1. The summed E-state index contributed by atoms with van der Waals surface area (Å²) >= 11 is 1.63. The lowest BCUT2D eigenvalue weighted by atomic mass is 10.4. The SMILES string of the molecule is CCOc1ccc(NCc2cncs2)cn1. The predicted octanol–water partition coefficient (Wildman–Crippen LogP) is 2.55. The molecule has 0 radical (unpaired) electrons. The summed E-state index contributed by atoms with van der Waals surface area (Å²) in [6.45, 7) is 3.36. The van der Waals surface area contributed by atoms with Gasteiger partial charge in [-0.3, -0.25) is 4.98 Å². The molecule has 0 amide bonds. The monoisotopic (exact) mass is 235 g/mol. The van der Waals surface area contributed by atoms with Crippen LogP contribution in [0.1, 0.15) is 11.8 Å². The number of nitrogens with one attached hydrogen (secondary N) is 1. The van der Waals surface area contributed by atoms with E-state index < -0.39 is 0 Å². The third-order valence-corrected chi connectivity index (χ3v) is 2.76. The number of thiazole rings is 1. The first-order chi connectivity index (χ1) is 7.88. The Labute approximate surface area is 98.3 Å². The van der Waals surface area contributed by atoms with Crippen LogP contribution in [0.15, 0.2) is 30.0 Å². The van der Waals surface area contributed by atoms with E-state index in [1.807, 2.05) is 30.8 Å². The summed E-state index contributed by atoms with van der Waals surface area (Å²) < 4.78 is 5.26. The lowest BCUT2D eigenvalue weighted by Crippen LogP contribution is -1.99. The number of hydrogen-bond donors (Lipinski definition) is 1. The van der Waals surface area contributed by atoms with E-state index in [4.69, 9.17) is 4.74 Å². The molecule has 0 aliphatic carbocycles. The van der Waals surface area contributed by atoms with Crippen molar-refractivity contribution in [3.63, 3.8) is 0 Å². The van der Waals surface area contributed by atoms with Crippen LogP contribution in [0.2, 0.25) is 0 Å². The van der Waals surface area contributed by atoms with Crippen LogP contribution in [-0.4, -0.2) is 16.6 Å². The molecule has 0 aliphatic heterocycles. The van der Waals surface area contributed by atoms with Gasteiger partial charge in [-0.25, -0.2) is 4.98 Å². The first-order valence-electron chi connectivity index (χ1n) is 5.08. The third kappa shape index (κ3) is 2.93. The second-order valence-electron chi connectivity index (χ2n) is 3.14. The van der Waals surface area contributed by atoms with Crippen LogP contribution in [0.5, 0.6) is 5.88 Å². The topological polar surface area (TPSA) is 47.0 Å². The van der Waals surface area contributed by atoms with Gasteiger partial charge in [-0.05, 0) is 13.0 Å². The minimum absolute atomic E-state index is 0.640. The summed E-state index contributed by atoms with van der Waals surface area (Å²) in [4.78, 5) is 9.39. The van der Waals surface area contributed by atoms with E-state index in [0.717, 1.165) is 12.2 Å². The van der Waals surface area contributed by atoms with Gasteiger partial charge in [-0.15, -0.1) is 11.3 Å². The van der Waals surface area contributed by atoms with Gasteiger partial charge < -0.3 is 10.1 Å². The smallest absolute Gasteiger partial charge is 0.213 e. The largest absolute Gasteiger partial charge is 0.478 e. The highest BCUT2D eigenvalue weighted by molar-refractivity contribution is 7.09. The first kappa shape index (κ1) is 10.9. The van der Waals surface area contributed by atoms with Crippen molar-refractivity contribution in [2.75, 3.05) is 11.9 Å². The van der Waals surface area contributed by atoms with E-state index in [9.17, 15) is 0 Å². The Morgan fingerprint density at radius 2 is 2.31 bits per heavy atom. The fourth-order valence-electron chi connectivity index (χ4n) is 1.24. The Balaban J connectivity index is 1.90. The number of hydrogen-bond acceptors (Lipinski definition) is 5.